The summed E-state index contributed by atoms with van der Waals surface area (Å²) >= 11 is 0. The van der Waals surface area contributed by atoms with Crippen LogP contribution in [0.25, 0.3) is 45.0 Å². The molecule has 0 aliphatic heterocycles. The van der Waals surface area contributed by atoms with Crippen molar-refractivity contribution in [2.75, 3.05) is 9.80 Å². The summed E-state index contributed by atoms with van der Waals surface area (Å²) in [6, 6.07) is 75.1. The van der Waals surface area contributed by atoms with E-state index in [1.165, 1.54) is 22.3 Å². The van der Waals surface area contributed by atoms with E-state index in [2.05, 4.69) is 303 Å². The minimum absolute atomic E-state index is 0. The third-order valence-electron chi connectivity index (χ3n) is 13.9. The molecule has 6 nitrogen and oxygen atoms in total. The standard InChI is InChI=1S/C36H37N3.C36H35N3.Pt/c2*1-35(2,3)28-18-20-37-33(24-28)26-12-10-16-31(22-26)39(30-14-8-7-9-15-30)32-17-11-13-27(23-32)34-25-29(19-21-38-34)36(4,5)6;/h7-25H,1-6H3;7-21,24-25H,1-6H3;/q;-2;+2. The number of benzene rings is 6. The molecule has 0 fully saturated rings. The monoisotopic (exact) mass is 1220 g/mol. The fraction of sp³-hybridized carbons (Fsp3) is 0.222. The van der Waals surface area contributed by atoms with Gasteiger partial charge >= 0.3 is 21.1 Å². The summed E-state index contributed by atoms with van der Waals surface area (Å²) in [5.74, 6) is 0. The molecule has 6 aromatic carbocycles. The maximum absolute atomic E-state index is 4.72. The SMILES string of the molecule is CC(C)(C)c1ccnc(-c2[c-]c(N(c3[c-]c(-c4cc(C(C)(C)C)ccn4)ccc3)c3ccccc3)ccc2)c1.CC(C)(C)c1ccnc(-c2cccc(N(c3ccccc3)c3cccc(-c4cc(C(C)(C)C)ccn4)c3)c2)c1.[Pt+2]. The van der Waals surface area contributed by atoms with Crippen molar-refractivity contribution in [2.45, 2.75) is 105 Å². The van der Waals surface area contributed by atoms with E-state index >= 15 is 0 Å². The van der Waals surface area contributed by atoms with E-state index in [1.807, 2.05) is 30.9 Å². The normalized spacial score (nSPS) is 11.7. The molecule has 10 rings (SSSR count). The van der Waals surface area contributed by atoms with Gasteiger partial charge in [-0.15, -0.1) is 59.7 Å². The largest absolute Gasteiger partial charge is 2.00 e. The summed E-state index contributed by atoms with van der Waals surface area (Å²) < 4.78 is 0. The Labute approximate surface area is 485 Å². The Kier molecular flexibility index (Phi) is 17.5. The zero-order valence-corrected chi connectivity index (χ0v) is 50.1. The molecule has 0 saturated heterocycles. The van der Waals surface area contributed by atoms with Gasteiger partial charge in [0.05, 0.1) is 11.4 Å². The summed E-state index contributed by atoms with van der Waals surface area (Å²) in [5, 5.41) is 0. The van der Waals surface area contributed by atoms with E-state index in [9.17, 15) is 0 Å². The molecule has 0 aliphatic rings. The van der Waals surface area contributed by atoms with Gasteiger partial charge in [-0.2, -0.15) is 0 Å². The quantitative estimate of drug-likeness (QED) is 0.127. The van der Waals surface area contributed by atoms with Crippen LogP contribution >= 0.6 is 0 Å². The van der Waals surface area contributed by atoms with Crippen LogP contribution in [0.1, 0.15) is 105 Å². The smallest absolute Gasteiger partial charge is 0.346 e. The van der Waals surface area contributed by atoms with Crippen molar-refractivity contribution >= 4 is 34.1 Å². The van der Waals surface area contributed by atoms with Gasteiger partial charge in [-0.1, -0.05) is 156 Å². The van der Waals surface area contributed by atoms with Crippen LogP contribution in [0.15, 0.2) is 219 Å². The van der Waals surface area contributed by atoms with Crippen molar-refractivity contribution in [3.8, 4) is 45.0 Å². The molecular formula is C72H72N6Pt. The molecule has 0 spiro atoms. The maximum Gasteiger partial charge on any atom is 2.00 e. The van der Waals surface area contributed by atoms with Gasteiger partial charge in [-0.05, 0) is 152 Å². The number of nitrogens with zero attached hydrogens (tertiary/aromatic N) is 6. The van der Waals surface area contributed by atoms with Gasteiger partial charge in [-0.25, -0.2) is 0 Å². The molecule has 0 saturated carbocycles. The minimum Gasteiger partial charge on any atom is -0.346 e. The molecule has 4 heterocycles. The molecule has 0 unspecified atom stereocenters. The Hall–Kier alpha value is -7.79. The Morgan fingerprint density at radius 2 is 0.595 bits per heavy atom. The first-order valence-electron chi connectivity index (χ1n) is 27.0. The summed E-state index contributed by atoms with van der Waals surface area (Å²) in [4.78, 5) is 23.3. The Morgan fingerprint density at radius 3 is 0.949 bits per heavy atom. The molecular weight excluding hydrogens is 1140 g/mol. The molecule has 7 heteroatoms. The number of rotatable bonds is 10. The molecule has 0 amide bonds. The Bertz CT molecular complexity index is 3190. The van der Waals surface area contributed by atoms with Crippen LogP contribution in [0.2, 0.25) is 0 Å². The number of aromatic nitrogens is 4. The van der Waals surface area contributed by atoms with Gasteiger partial charge in [0, 0.05) is 58.7 Å². The van der Waals surface area contributed by atoms with Crippen molar-refractivity contribution < 1.29 is 21.1 Å². The fourth-order valence-electron chi connectivity index (χ4n) is 9.29. The van der Waals surface area contributed by atoms with Crippen LogP contribution in [0.4, 0.5) is 34.1 Å². The van der Waals surface area contributed by atoms with Gasteiger partial charge < -0.3 is 19.8 Å². The van der Waals surface area contributed by atoms with E-state index in [4.69, 9.17) is 9.97 Å². The predicted octanol–water partition coefficient (Wildman–Crippen LogP) is 19.3. The molecule has 400 valence electrons. The number of para-hydroxylation sites is 2. The second kappa shape index (κ2) is 24.1. The topological polar surface area (TPSA) is 58.0 Å². The van der Waals surface area contributed by atoms with Crippen LogP contribution in [0.3, 0.4) is 0 Å². The first-order valence-corrected chi connectivity index (χ1v) is 27.0. The van der Waals surface area contributed by atoms with Gasteiger partial charge in [0.1, 0.15) is 0 Å². The molecule has 79 heavy (non-hydrogen) atoms. The molecule has 0 radical (unpaired) electrons. The van der Waals surface area contributed by atoms with Gasteiger partial charge in [-0.3, -0.25) is 9.97 Å². The summed E-state index contributed by atoms with van der Waals surface area (Å²) in [6.45, 7) is 26.7. The van der Waals surface area contributed by atoms with E-state index in [0.29, 0.717) is 0 Å². The summed E-state index contributed by atoms with van der Waals surface area (Å²) in [6.07, 6.45) is 7.61. The molecule has 0 N–H and O–H groups in total. The second-order valence-corrected chi connectivity index (χ2v) is 24.1. The third kappa shape index (κ3) is 14.1. The van der Waals surface area contributed by atoms with E-state index in [-0.39, 0.29) is 42.7 Å². The zero-order valence-electron chi connectivity index (χ0n) is 47.8. The number of anilines is 6. The summed E-state index contributed by atoms with van der Waals surface area (Å²) in [7, 11) is 0. The summed E-state index contributed by atoms with van der Waals surface area (Å²) in [5.41, 5.74) is 19.3. The molecule has 0 aliphatic carbocycles. The first-order chi connectivity index (χ1) is 37.2. The van der Waals surface area contributed by atoms with Gasteiger partial charge in [0.25, 0.3) is 0 Å². The number of hydrogen-bond acceptors (Lipinski definition) is 6. The van der Waals surface area contributed by atoms with Gasteiger partial charge in [0.2, 0.25) is 0 Å². The minimum atomic E-state index is 0. The molecule has 4 aromatic heterocycles. The molecule has 0 bridgehead atoms. The third-order valence-corrected chi connectivity index (χ3v) is 13.9. The number of hydrogen-bond donors (Lipinski definition) is 0. The van der Waals surface area contributed by atoms with E-state index in [0.717, 1.165) is 79.2 Å². The van der Waals surface area contributed by atoms with Crippen molar-refractivity contribution in [3.05, 3.63) is 253 Å². The predicted molar refractivity (Wildman–Crippen MR) is 328 cm³/mol. The maximum atomic E-state index is 4.72. The van der Waals surface area contributed by atoms with Gasteiger partial charge in [0.15, 0.2) is 0 Å². The van der Waals surface area contributed by atoms with Crippen LogP contribution < -0.4 is 9.80 Å². The Balaban J connectivity index is 0.000000205. The molecule has 0 atom stereocenters. The van der Waals surface area contributed by atoms with Crippen molar-refractivity contribution in [3.63, 3.8) is 0 Å². The van der Waals surface area contributed by atoms with Crippen LogP contribution in [0, 0.1) is 12.1 Å². The van der Waals surface area contributed by atoms with E-state index in [1.54, 1.807) is 0 Å². The number of pyridine rings is 4. The van der Waals surface area contributed by atoms with Crippen molar-refractivity contribution in [1.82, 2.24) is 19.9 Å². The second-order valence-electron chi connectivity index (χ2n) is 24.1. The van der Waals surface area contributed by atoms with Crippen molar-refractivity contribution in [1.29, 1.82) is 0 Å². The van der Waals surface area contributed by atoms with E-state index < -0.39 is 0 Å². The average Bonchev–Trinajstić information content (AvgIpc) is 3.46. The van der Waals surface area contributed by atoms with Crippen LogP contribution in [0.5, 0.6) is 0 Å². The fourth-order valence-corrected chi connectivity index (χ4v) is 9.29. The van der Waals surface area contributed by atoms with Crippen LogP contribution in [-0.2, 0) is 42.7 Å². The zero-order chi connectivity index (χ0) is 55.2. The average molecular weight is 1220 g/mol. The van der Waals surface area contributed by atoms with Crippen molar-refractivity contribution in [2.24, 2.45) is 0 Å². The Morgan fingerprint density at radius 1 is 0.291 bits per heavy atom. The molecule has 10 aromatic rings. The first kappa shape index (κ1) is 57.4. The van der Waals surface area contributed by atoms with Crippen LogP contribution in [-0.4, -0.2) is 19.9 Å².